The average molecular weight is 665 g/mol. The zero-order chi connectivity index (χ0) is 35.3. The highest BCUT2D eigenvalue weighted by atomic mass is 16.6. The third-order valence-electron chi connectivity index (χ3n) is 6.84. The number of rotatable bonds is 17. The van der Waals surface area contributed by atoms with Gasteiger partial charge in [0.2, 0.25) is 11.8 Å². The predicted octanol–water partition coefficient (Wildman–Crippen LogP) is 1.53. The fourth-order valence-corrected chi connectivity index (χ4v) is 4.60. The van der Waals surface area contributed by atoms with Gasteiger partial charge in [-0.3, -0.25) is 28.9 Å². The van der Waals surface area contributed by atoms with Crippen molar-refractivity contribution in [2.24, 2.45) is 0 Å². The first-order valence-corrected chi connectivity index (χ1v) is 15.3. The molecule has 0 saturated carbocycles. The third kappa shape index (κ3) is 12.3. The molecule has 14 heteroatoms. The van der Waals surface area contributed by atoms with E-state index in [0.717, 1.165) is 10.5 Å². The summed E-state index contributed by atoms with van der Waals surface area (Å²) in [5, 5.41) is 16.6. The van der Waals surface area contributed by atoms with Crippen LogP contribution in [0.4, 0.5) is 0 Å². The summed E-state index contributed by atoms with van der Waals surface area (Å²) in [6.07, 6.45) is 3.34. The molecule has 5 amide bonds. The van der Waals surface area contributed by atoms with E-state index in [4.69, 9.17) is 14.6 Å². The normalized spacial score (nSPS) is 13.8. The number of carboxylic acids is 1. The number of benzene rings is 2. The first kappa shape index (κ1) is 36.9. The van der Waals surface area contributed by atoms with Crippen molar-refractivity contribution in [2.75, 3.05) is 19.7 Å². The zero-order valence-corrected chi connectivity index (χ0v) is 27.0. The van der Waals surface area contributed by atoms with Crippen LogP contribution in [0.15, 0.2) is 66.7 Å². The summed E-state index contributed by atoms with van der Waals surface area (Å²) in [7, 11) is 0. The topological polar surface area (TPSA) is 198 Å². The molecule has 0 fully saturated rings. The maximum Gasteiger partial charge on any atom is 0.341 e. The summed E-state index contributed by atoms with van der Waals surface area (Å²) in [6.45, 7) is 4.13. The van der Waals surface area contributed by atoms with Gasteiger partial charge in [0.15, 0.2) is 6.61 Å². The molecule has 0 unspecified atom stereocenters. The lowest BCUT2D eigenvalue weighted by Crippen LogP contribution is -2.54. The summed E-state index contributed by atoms with van der Waals surface area (Å²) in [5.41, 5.74) is -0.000496. The number of carboxylic acid groups (broad SMARTS) is 1. The Morgan fingerprint density at radius 3 is 2.21 bits per heavy atom. The number of imide groups is 1. The first-order valence-electron chi connectivity index (χ1n) is 15.3. The van der Waals surface area contributed by atoms with Gasteiger partial charge in [-0.2, -0.15) is 0 Å². The lowest BCUT2D eigenvalue weighted by atomic mass is 10.0. The first-order chi connectivity index (χ1) is 22.7. The highest BCUT2D eigenvalue weighted by molar-refractivity contribution is 6.12. The monoisotopic (exact) mass is 664 g/mol. The second-order valence-corrected chi connectivity index (χ2v) is 12.0. The number of aliphatic carboxylic acids is 1. The smallest absolute Gasteiger partial charge is 0.341 e. The van der Waals surface area contributed by atoms with E-state index in [9.17, 15) is 33.6 Å². The van der Waals surface area contributed by atoms with E-state index in [-0.39, 0.29) is 30.7 Å². The summed E-state index contributed by atoms with van der Waals surface area (Å²) in [5.74, 6) is -4.50. The molecule has 1 aliphatic rings. The third-order valence-corrected chi connectivity index (χ3v) is 6.84. The van der Waals surface area contributed by atoms with Crippen LogP contribution in [0.1, 0.15) is 56.0 Å². The molecule has 48 heavy (non-hydrogen) atoms. The van der Waals surface area contributed by atoms with Gasteiger partial charge in [-0.1, -0.05) is 36.4 Å². The zero-order valence-electron chi connectivity index (χ0n) is 27.0. The van der Waals surface area contributed by atoms with Gasteiger partial charge >= 0.3 is 11.9 Å². The van der Waals surface area contributed by atoms with E-state index in [1.807, 2.05) is 0 Å². The molecule has 0 aliphatic carbocycles. The van der Waals surface area contributed by atoms with Gasteiger partial charge in [-0.15, -0.1) is 0 Å². The van der Waals surface area contributed by atoms with Crippen LogP contribution in [-0.4, -0.2) is 88.9 Å². The Labute approximate surface area is 277 Å². The Kier molecular flexibility index (Phi) is 13.4. The van der Waals surface area contributed by atoms with Gasteiger partial charge in [-0.05, 0) is 63.8 Å². The molecule has 0 radical (unpaired) electrons. The molecule has 0 bridgehead atoms. The molecule has 2 atom stereocenters. The van der Waals surface area contributed by atoms with E-state index >= 15 is 0 Å². The van der Waals surface area contributed by atoms with Crippen LogP contribution in [0.2, 0.25) is 0 Å². The van der Waals surface area contributed by atoms with Crippen molar-refractivity contribution in [2.45, 2.75) is 64.1 Å². The highest BCUT2D eigenvalue weighted by Crippen LogP contribution is 2.15. The van der Waals surface area contributed by atoms with Crippen molar-refractivity contribution in [1.29, 1.82) is 0 Å². The maximum absolute atomic E-state index is 13.6. The number of esters is 1. The van der Waals surface area contributed by atoms with Crippen molar-refractivity contribution >= 4 is 41.5 Å². The van der Waals surface area contributed by atoms with Gasteiger partial charge in [0.25, 0.3) is 17.7 Å². The van der Waals surface area contributed by atoms with Gasteiger partial charge in [0.05, 0.1) is 6.54 Å². The molecule has 3 rings (SSSR count). The molecular formula is C34H40N4O10. The second kappa shape index (κ2) is 17.4. The number of carbonyl (C=O) groups is 7. The van der Waals surface area contributed by atoms with Gasteiger partial charge < -0.3 is 30.5 Å². The van der Waals surface area contributed by atoms with E-state index in [1.165, 1.54) is 36.4 Å². The summed E-state index contributed by atoms with van der Waals surface area (Å²) < 4.78 is 10.6. The van der Waals surface area contributed by atoms with Gasteiger partial charge in [0, 0.05) is 30.7 Å². The molecule has 1 aliphatic heterocycles. The van der Waals surface area contributed by atoms with Gasteiger partial charge in [-0.25, -0.2) is 9.59 Å². The molecule has 2 aromatic rings. The predicted molar refractivity (Wildman–Crippen MR) is 171 cm³/mol. The van der Waals surface area contributed by atoms with Crippen LogP contribution >= 0.6 is 0 Å². The molecule has 0 spiro atoms. The van der Waals surface area contributed by atoms with Crippen LogP contribution in [0, 0.1) is 0 Å². The van der Waals surface area contributed by atoms with Crippen LogP contribution < -0.4 is 20.7 Å². The molecule has 4 N–H and O–H groups in total. The van der Waals surface area contributed by atoms with Crippen LogP contribution in [0.3, 0.4) is 0 Å². The van der Waals surface area contributed by atoms with Crippen molar-refractivity contribution in [3.8, 4) is 5.75 Å². The minimum Gasteiger partial charge on any atom is -0.482 e. The number of unbranched alkanes of at least 4 members (excludes halogenated alkanes) is 1. The number of hydrogen-bond donors (Lipinski definition) is 4. The van der Waals surface area contributed by atoms with Crippen molar-refractivity contribution in [1.82, 2.24) is 20.9 Å². The lowest BCUT2D eigenvalue weighted by Gasteiger charge is -2.26. The highest BCUT2D eigenvalue weighted by Gasteiger charge is 2.30. The summed E-state index contributed by atoms with van der Waals surface area (Å²) in [4.78, 5) is 88.0. The number of amides is 5. The SMILES string of the molecule is CC(C)(C)OC(=O)[C@H](CCCCN1C(=O)C=CC1=O)NC(=O)[C@H](Cc1ccccc1)NC(=O)CNC(=O)c1cccc(OCC(=O)O)c1. The van der Waals surface area contributed by atoms with Crippen molar-refractivity contribution < 1.29 is 48.1 Å². The minimum absolute atomic E-state index is 0.0720. The largest absolute Gasteiger partial charge is 0.482 e. The van der Waals surface area contributed by atoms with Crippen molar-refractivity contribution in [3.63, 3.8) is 0 Å². The number of ether oxygens (including phenoxy) is 2. The molecule has 256 valence electrons. The Balaban J connectivity index is 1.67. The van der Waals surface area contributed by atoms with E-state index in [0.29, 0.717) is 12.8 Å². The standard InChI is InChI=1S/C34H40N4O10/c1-34(2,3)48-33(46)25(14-7-8-17-38-28(40)15-16-29(38)41)37-32(45)26(18-22-10-5-4-6-11-22)36-27(39)20-35-31(44)23-12-9-13-24(19-23)47-21-30(42)43/h4-6,9-13,15-16,19,25-26H,7-8,14,17-18,20-21H2,1-3H3,(H,35,44)(H,36,39)(H,37,45)(H,42,43)/t25-,26-/m0/s1. The molecular weight excluding hydrogens is 624 g/mol. The maximum atomic E-state index is 13.6. The molecule has 0 aromatic heterocycles. The van der Waals surface area contributed by atoms with Crippen LogP contribution in [-0.2, 0) is 39.9 Å². The fourth-order valence-electron chi connectivity index (χ4n) is 4.60. The van der Waals surface area contributed by atoms with Crippen LogP contribution in [0.25, 0.3) is 0 Å². The minimum atomic E-state index is -1.18. The number of nitrogens with one attached hydrogen (secondary N) is 3. The Bertz CT molecular complexity index is 1520. The van der Waals surface area contributed by atoms with Crippen LogP contribution in [0.5, 0.6) is 5.75 Å². The van der Waals surface area contributed by atoms with E-state index < -0.39 is 72.3 Å². The Morgan fingerprint density at radius 2 is 1.56 bits per heavy atom. The number of hydrogen-bond acceptors (Lipinski definition) is 9. The van der Waals surface area contributed by atoms with E-state index in [1.54, 1.807) is 51.1 Å². The molecule has 0 saturated heterocycles. The molecule has 14 nitrogen and oxygen atoms in total. The van der Waals surface area contributed by atoms with Gasteiger partial charge in [0.1, 0.15) is 23.4 Å². The fraction of sp³-hybridized carbons (Fsp3) is 0.382. The molecule has 2 aromatic carbocycles. The average Bonchev–Trinajstić information content (AvgIpc) is 3.35. The summed E-state index contributed by atoms with van der Waals surface area (Å²) >= 11 is 0. The van der Waals surface area contributed by atoms with Crippen molar-refractivity contribution in [3.05, 3.63) is 77.9 Å². The lowest BCUT2D eigenvalue weighted by molar-refractivity contribution is -0.159. The second-order valence-electron chi connectivity index (χ2n) is 12.0. The number of nitrogens with zero attached hydrogens (tertiary/aromatic N) is 1. The van der Waals surface area contributed by atoms with E-state index in [2.05, 4.69) is 16.0 Å². The quantitative estimate of drug-likeness (QED) is 0.109. The number of carbonyl (C=O) groups excluding carboxylic acids is 6. The molecule has 1 heterocycles. The Morgan fingerprint density at radius 1 is 0.875 bits per heavy atom. The Hall–Kier alpha value is -5.53. The summed E-state index contributed by atoms with van der Waals surface area (Å²) in [6, 6.07) is 12.4.